The van der Waals surface area contributed by atoms with Crippen LogP contribution in [0.3, 0.4) is 0 Å². The van der Waals surface area contributed by atoms with Gasteiger partial charge in [0.25, 0.3) is 0 Å². The molecule has 2 rings (SSSR count). The molecule has 0 fully saturated rings. The van der Waals surface area contributed by atoms with E-state index >= 15 is 0 Å². The summed E-state index contributed by atoms with van der Waals surface area (Å²) in [6.07, 6.45) is -0.0294. The molecule has 0 heterocycles. The zero-order valence-electron chi connectivity index (χ0n) is 12.5. The molecule has 1 unspecified atom stereocenters. The fourth-order valence-corrected chi connectivity index (χ4v) is 2.25. The highest BCUT2D eigenvalue weighted by Gasteiger charge is 2.19. The van der Waals surface area contributed by atoms with Crippen molar-refractivity contribution in [3.05, 3.63) is 70.8 Å². The smallest absolute Gasteiger partial charge is 0.126 e. The van der Waals surface area contributed by atoms with Gasteiger partial charge in [0, 0.05) is 6.07 Å². The third kappa shape index (κ3) is 3.48. The lowest BCUT2D eigenvalue weighted by Crippen LogP contribution is -2.15. The van der Waals surface area contributed by atoms with Gasteiger partial charge in [-0.2, -0.15) is 0 Å². The average Bonchev–Trinajstić information content (AvgIpc) is 2.45. The van der Waals surface area contributed by atoms with Crippen LogP contribution >= 0.6 is 0 Å². The minimum atomic E-state index is -1.03. The van der Waals surface area contributed by atoms with Crippen molar-refractivity contribution >= 4 is 0 Å². The summed E-state index contributed by atoms with van der Waals surface area (Å²) >= 11 is 0. The number of aliphatic hydroxyl groups is 1. The van der Waals surface area contributed by atoms with E-state index < -0.39 is 17.7 Å². The molecular weight excluding hydrogens is 270 g/mol. The molecule has 21 heavy (non-hydrogen) atoms. The van der Waals surface area contributed by atoms with Crippen LogP contribution in [-0.4, -0.2) is 5.11 Å². The summed E-state index contributed by atoms with van der Waals surface area (Å²) in [5.41, 5.74) is 2.08. The quantitative estimate of drug-likeness (QED) is 0.862. The van der Waals surface area contributed by atoms with Crippen LogP contribution in [0.4, 0.5) is 8.78 Å². The van der Waals surface area contributed by atoms with Crippen molar-refractivity contribution in [3.63, 3.8) is 0 Å². The number of halogens is 2. The van der Waals surface area contributed by atoms with Crippen LogP contribution in [0.2, 0.25) is 0 Å². The predicted octanol–water partition coefficient (Wildman–Crippen LogP) is 4.73. The van der Waals surface area contributed by atoms with Gasteiger partial charge in [0.05, 0.1) is 0 Å². The molecule has 1 atom stereocenters. The topological polar surface area (TPSA) is 20.2 Å². The SMILES string of the molecule is CCC(C)(C)c1ccc(C(O)c2cc(F)cc(F)c2)cc1. The van der Waals surface area contributed by atoms with E-state index in [4.69, 9.17) is 0 Å². The number of aliphatic hydroxyl groups excluding tert-OH is 1. The largest absolute Gasteiger partial charge is 0.384 e. The minimum absolute atomic E-state index is 0.0639. The molecular formula is C18H20F2O. The third-order valence-electron chi connectivity index (χ3n) is 4.09. The predicted molar refractivity (Wildman–Crippen MR) is 80.2 cm³/mol. The van der Waals surface area contributed by atoms with Gasteiger partial charge in [-0.1, -0.05) is 45.0 Å². The first kappa shape index (κ1) is 15.6. The summed E-state index contributed by atoms with van der Waals surface area (Å²) in [6.45, 7) is 6.43. The normalized spacial score (nSPS) is 13.2. The van der Waals surface area contributed by atoms with Gasteiger partial charge in [-0.3, -0.25) is 0 Å². The molecule has 1 nitrogen and oxygen atoms in total. The second-order valence-electron chi connectivity index (χ2n) is 5.96. The van der Waals surface area contributed by atoms with Crippen molar-refractivity contribution in [1.29, 1.82) is 0 Å². The van der Waals surface area contributed by atoms with Gasteiger partial charge in [0.15, 0.2) is 0 Å². The summed E-state index contributed by atoms with van der Waals surface area (Å²) in [7, 11) is 0. The van der Waals surface area contributed by atoms with Crippen molar-refractivity contribution in [2.75, 3.05) is 0 Å². The van der Waals surface area contributed by atoms with Crippen molar-refractivity contribution in [3.8, 4) is 0 Å². The van der Waals surface area contributed by atoms with Gasteiger partial charge in [-0.15, -0.1) is 0 Å². The first-order valence-corrected chi connectivity index (χ1v) is 7.08. The maximum Gasteiger partial charge on any atom is 0.126 e. The lowest BCUT2D eigenvalue weighted by atomic mass is 9.81. The number of benzene rings is 2. The third-order valence-corrected chi connectivity index (χ3v) is 4.09. The molecule has 2 aromatic carbocycles. The molecule has 0 saturated carbocycles. The standard InChI is InChI=1S/C18H20F2O/c1-4-18(2,3)14-7-5-12(6-8-14)17(21)13-9-15(19)11-16(20)10-13/h5-11,17,21H,4H2,1-3H3. The highest BCUT2D eigenvalue weighted by Crippen LogP contribution is 2.29. The zero-order chi connectivity index (χ0) is 15.6. The van der Waals surface area contributed by atoms with E-state index in [-0.39, 0.29) is 11.0 Å². The van der Waals surface area contributed by atoms with Gasteiger partial charge >= 0.3 is 0 Å². The van der Waals surface area contributed by atoms with Crippen LogP contribution < -0.4 is 0 Å². The van der Waals surface area contributed by atoms with Crippen LogP contribution in [0.25, 0.3) is 0 Å². The first-order valence-electron chi connectivity index (χ1n) is 7.08. The number of hydrogen-bond donors (Lipinski definition) is 1. The van der Waals surface area contributed by atoms with Crippen molar-refractivity contribution < 1.29 is 13.9 Å². The molecule has 0 radical (unpaired) electrons. The molecule has 0 aliphatic rings. The van der Waals surface area contributed by atoms with E-state index in [0.717, 1.165) is 24.6 Å². The number of hydrogen-bond acceptors (Lipinski definition) is 1. The summed E-state index contributed by atoms with van der Waals surface area (Å²) < 4.78 is 26.4. The molecule has 0 saturated heterocycles. The molecule has 0 aliphatic carbocycles. The Hall–Kier alpha value is -1.74. The van der Waals surface area contributed by atoms with Crippen LogP contribution in [0, 0.1) is 11.6 Å². The molecule has 3 heteroatoms. The Morgan fingerprint density at radius 3 is 1.95 bits per heavy atom. The maximum atomic E-state index is 13.2. The van der Waals surface area contributed by atoms with Crippen molar-refractivity contribution in [2.24, 2.45) is 0 Å². The maximum absolute atomic E-state index is 13.2. The second kappa shape index (κ2) is 5.94. The lowest BCUT2D eigenvalue weighted by molar-refractivity contribution is 0.219. The van der Waals surface area contributed by atoms with Crippen LogP contribution in [0.1, 0.15) is 50.0 Å². The molecule has 112 valence electrons. The van der Waals surface area contributed by atoms with Crippen LogP contribution in [-0.2, 0) is 5.41 Å². The Morgan fingerprint density at radius 1 is 0.952 bits per heavy atom. The Morgan fingerprint density at radius 2 is 1.48 bits per heavy atom. The molecule has 0 aromatic heterocycles. The molecule has 1 N–H and O–H groups in total. The molecule has 0 amide bonds. The Bertz CT molecular complexity index is 597. The van der Waals surface area contributed by atoms with E-state index in [2.05, 4.69) is 20.8 Å². The summed E-state index contributed by atoms with van der Waals surface area (Å²) in [5, 5.41) is 10.3. The lowest BCUT2D eigenvalue weighted by Gasteiger charge is -2.24. The highest BCUT2D eigenvalue weighted by molar-refractivity contribution is 5.34. The monoisotopic (exact) mass is 290 g/mol. The fraction of sp³-hybridized carbons (Fsp3) is 0.333. The Labute approximate surface area is 124 Å². The summed E-state index contributed by atoms with van der Waals surface area (Å²) in [6, 6.07) is 10.6. The average molecular weight is 290 g/mol. The number of rotatable bonds is 4. The van der Waals surface area contributed by atoms with E-state index in [1.807, 2.05) is 12.1 Å². The van der Waals surface area contributed by atoms with E-state index in [1.165, 1.54) is 5.56 Å². The molecule has 0 spiro atoms. The summed E-state index contributed by atoms with van der Waals surface area (Å²) in [5.74, 6) is -1.37. The van der Waals surface area contributed by atoms with E-state index in [1.54, 1.807) is 12.1 Å². The van der Waals surface area contributed by atoms with Gasteiger partial charge < -0.3 is 5.11 Å². The van der Waals surface area contributed by atoms with Crippen molar-refractivity contribution in [2.45, 2.75) is 38.7 Å². The Kier molecular flexibility index (Phi) is 4.43. The molecule has 0 aliphatic heterocycles. The van der Waals surface area contributed by atoms with Crippen molar-refractivity contribution in [1.82, 2.24) is 0 Å². The first-order chi connectivity index (χ1) is 9.83. The molecule has 2 aromatic rings. The molecule has 0 bridgehead atoms. The van der Waals surface area contributed by atoms with Crippen LogP contribution in [0.15, 0.2) is 42.5 Å². The van der Waals surface area contributed by atoms with E-state index in [0.29, 0.717) is 5.56 Å². The van der Waals surface area contributed by atoms with Gasteiger partial charge in [0.2, 0.25) is 0 Å². The highest BCUT2D eigenvalue weighted by atomic mass is 19.1. The van der Waals surface area contributed by atoms with Crippen LogP contribution in [0.5, 0.6) is 0 Å². The minimum Gasteiger partial charge on any atom is -0.384 e. The second-order valence-corrected chi connectivity index (χ2v) is 5.96. The Balaban J connectivity index is 2.30. The zero-order valence-corrected chi connectivity index (χ0v) is 12.5. The van der Waals surface area contributed by atoms with Gasteiger partial charge in [0.1, 0.15) is 17.7 Å². The fourth-order valence-electron chi connectivity index (χ4n) is 2.25. The van der Waals surface area contributed by atoms with Gasteiger partial charge in [-0.25, -0.2) is 8.78 Å². The van der Waals surface area contributed by atoms with Gasteiger partial charge in [-0.05, 0) is 40.7 Å². The van der Waals surface area contributed by atoms with E-state index in [9.17, 15) is 13.9 Å². The summed E-state index contributed by atoms with van der Waals surface area (Å²) in [4.78, 5) is 0.